The third-order valence-corrected chi connectivity index (χ3v) is 2.62. The minimum Gasteiger partial charge on any atom is -0.397 e. The van der Waals surface area contributed by atoms with Crippen molar-refractivity contribution in [3.63, 3.8) is 0 Å². The summed E-state index contributed by atoms with van der Waals surface area (Å²) in [6, 6.07) is 0. The molecule has 0 amide bonds. The third-order valence-electron chi connectivity index (χ3n) is 2.62. The van der Waals surface area contributed by atoms with Crippen LogP contribution in [0.4, 0.5) is 0 Å². The fourth-order valence-electron chi connectivity index (χ4n) is 1.81. The Kier molecular flexibility index (Phi) is 1.81. The van der Waals surface area contributed by atoms with Gasteiger partial charge in [0.15, 0.2) is 0 Å². The van der Waals surface area contributed by atoms with Crippen LogP contribution in [0.25, 0.3) is 11.8 Å². The summed E-state index contributed by atoms with van der Waals surface area (Å²) in [6.45, 7) is 6.39. The van der Waals surface area contributed by atoms with E-state index < -0.39 is 0 Å². The Morgan fingerprint density at radius 3 is 2.79 bits per heavy atom. The van der Waals surface area contributed by atoms with Crippen molar-refractivity contribution in [3.8, 4) is 0 Å². The topological polar surface area (TPSA) is 41.8 Å². The predicted octanol–water partition coefficient (Wildman–Crippen LogP) is 2.68. The van der Waals surface area contributed by atoms with Gasteiger partial charge in [0.1, 0.15) is 0 Å². The van der Waals surface area contributed by atoms with Crippen LogP contribution in [-0.4, -0.2) is 4.98 Å². The number of aryl methyl sites for hydroxylation is 1. The Hall–Kier alpha value is -1.44. The number of fused-ring (bicyclic) bond motifs is 1. The molecule has 1 aromatic heterocycles. The minimum absolute atomic E-state index is 0.0381. The van der Waals surface area contributed by atoms with E-state index in [1.54, 1.807) is 0 Å². The van der Waals surface area contributed by atoms with Gasteiger partial charge in [-0.15, -0.1) is 0 Å². The quantitative estimate of drug-likeness (QED) is 0.645. The smallest absolute Gasteiger partial charge is 0.0687 e. The Labute approximate surface area is 84.5 Å². The lowest BCUT2D eigenvalue weighted by Gasteiger charge is -2.13. The monoisotopic (exact) mass is 188 g/mol. The summed E-state index contributed by atoms with van der Waals surface area (Å²) in [7, 11) is 0. The molecule has 0 fully saturated rings. The summed E-state index contributed by atoms with van der Waals surface area (Å²) in [5, 5.41) is 0. The number of nitrogens with two attached hydrogens (primary N) is 1. The standard InChI is InChI=1S/C12H16N2/c1-8-7-14-11-9(8)4-5-12(2,3)6-10(11)13/h4-7,14H,13H2,1-3H3. The van der Waals surface area contributed by atoms with E-state index in [2.05, 4.69) is 44.0 Å². The van der Waals surface area contributed by atoms with Gasteiger partial charge in [0.2, 0.25) is 0 Å². The zero-order valence-electron chi connectivity index (χ0n) is 8.89. The van der Waals surface area contributed by atoms with Gasteiger partial charge in [0.25, 0.3) is 0 Å². The molecule has 0 bridgehead atoms. The fourth-order valence-corrected chi connectivity index (χ4v) is 1.81. The second-order valence-electron chi connectivity index (χ2n) is 4.51. The molecule has 1 aromatic rings. The number of aromatic nitrogens is 1. The van der Waals surface area contributed by atoms with Gasteiger partial charge in [-0.3, -0.25) is 0 Å². The van der Waals surface area contributed by atoms with Crippen LogP contribution in [0.1, 0.15) is 30.7 Å². The van der Waals surface area contributed by atoms with E-state index in [9.17, 15) is 0 Å². The van der Waals surface area contributed by atoms with Gasteiger partial charge >= 0.3 is 0 Å². The maximum absolute atomic E-state index is 6.03. The highest BCUT2D eigenvalue weighted by atomic mass is 14.8. The first-order chi connectivity index (χ1) is 6.49. The third kappa shape index (κ3) is 1.37. The largest absolute Gasteiger partial charge is 0.397 e. The Morgan fingerprint density at radius 2 is 2.07 bits per heavy atom. The average Bonchev–Trinajstić information content (AvgIpc) is 2.37. The van der Waals surface area contributed by atoms with Gasteiger partial charge in [0, 0.05) is 17.2 Å². The van der Waals surface area contributed by atoms with Gasteiger partial charge in [-0.2, -0.15) is 0 Å². The molecule has 0 radical (unpaired) electrons. The van der Waals surface area contributed by atoms with Crippen LogP contribution in [0.2, 0.25) is 0 Å². The average molecular weight is 188 g/mol. The van der Waals surface area contributed by atoms with Gasteiger partial charge in [-0.1, -0.05) is 26.0 Å². The van der Waals surface area contributed by atoms with E-state index in [0.717, 1.165) is 11.4 Å². The molecule has 2 heteroatoms. The molecule has 0 aliphatic heterocycles. The molecule has 0 saturated carbocycles. The molecule has 1 aliphatic rings. The van der Waals surface area contributed by atoms with E-state index in [1.165, 1.54) is 11.1 Å². The van der Waals surface area contributed by atoms with Gasteiger partial charge in [0.05, 0.1) is 11.4 Å². The number of hydrogen-bond acceptors (Lipinski definition) is 1. The maximum atomic E-state index is 6.03. The Balaban J connectivity index is 2.63. The molecule has 2 rings (SSSR count). The van der Waals surface area contributed by atoms with Crippen LogP contribution >= 0.6 is 0 Å². The van der Waals surface area contributed by atoms with E-state index in [0.29, 0.717) is 0 Å². The molecular formula is C12H16N2. The lowest BCUT2D eigenvalue weighted by atomic mass is 9.92. The van der Waals surface area contributed by atoms with E-state index >= 15 is 0 Å². The SMILES string of the molecule is Cc1c[nH]c2c1C=CC(C)(C)C=C2N. The highest BCUT2D eigenvalue weighted by molar-refractivity contribution is 5.75. The maximum Gasteiger partial charge on any atom is 0.0687 e. The number of allylic oxidation sites excluding steroid dienone is 2. The second kappa shape index (κ2) is 2.77. The van der Waals surface area contributed by atoms with Crippen molar-refractivity contribution in [2.75, 3.05) is 0 Å². The van der Waals surface area contributed by atoms with Crippen molar-refractivity contribution in [1.82, 2.24) is 4.98 Å². The summed E-state index contributed by atoms with van der Waals surface area (Å²) in [4.78, 5) is 3.21. The predicted molar refractivity (Wildman–Crippen MR) is 60.5 cm³/mol. The minimum atomic E-state index is 0.0381. The molecule has 3 N–H and O–H groups in total. The van der Waals surface area contributed by atoms with Gasteiger partial charge in [-0.05, 0) is 18.6 Å². The van der Waals surface area contributed by atoms with Crippen molar-refractivity contribution >= 4 is 11.8 Å². The number of aromatic amines is 1. The first-order valence-corrected chi connectivity index (χ1v) is 4.85. The first kappa shape index (κ1) is 9.13. The molecule has 0 unspecified atom stereocenters. The van der Waals surface area contributed by atoms with E-state index in [4.69, 9.17) is 5.73 Å². The summed E-state index contributed by atoms with van der Waals surface area (Å²) >= 11 is 0. The van der Waals surface area contributed by atoms with E-state index in [-0.39, 0.29) is 5.41 Å². The Bertz CT molecular complexity index is 420. The van der Waals surface area contributed by atoms with Crippen molar-refractivity contribution < 1.29 is 0 Å². The van der Waals surface area contributed by atoms with Crippen molar-refractivity contribution in [2.45, 2.75) is 20.8 Å². The number of H-pyrrole nitrogens is 1. The second-order valence-corrected chi connectivity index (χ2v) is 4.51. The highest BCUT2D eigenvalue weighted by Gasteiger charge is 2.18. The lowest BCUT2D eigenvalue weighted by molar-refractivity contribution is 0.631. The van der Waals surface area contributed by atoms with Crippen LogP contribution in [0.3, 0.4) is 0 Å². The van der Waals surface area contributed by atoms with E-state index in [1.807, 2.05) is 6.20 Å². The van der Waals surface area contributed by atoms with Crippen molar-refractivity contribution in [1.29, 1.82) is 0 Å². The molecule has 14 heavy (non-hydrogen) atoms. The molecule has 74 valence electrons. The molecule has 2 nitrogen and oxygen atoms in total. The summed E-state index contributed by atoms with van der Waals surface area (Å²) in [6.07, 6.45) is 8.42. The highest BCUT2D eigenvalue weighted by Crippen LogP contribution is 2.31. The van der Waals surface area contributed by atoms with Crippen LogP contribution in [0.15, 0.2) is 18.3 Å². The molecule has 0 aromatic carbocycles. The Morgan fingerprint density at radius 1 is 1.36 bits per heavy atom. The molecule has 0 spiro atoms. The fraction of sp³-hybridized carbons (Fsp3) is 0.333. The summed E-state index contributed by atoms with van der Waals surface area (Å²) in [5.74, 6) is 0. The lowest BCUT2D eigenvalue weighted by Crippen LogP contribution is -2.06. The first-order valence-electron chi connectivity index (χ1n) is 4.85. The van der Waals surface area contributed by atoms with Crippen LogP contribution in [0.5, 0.6) is 0 Å². The molecule has 0 saturated heterocycles. The number of hydrogen-bond donors (Lipinski definition) is 2. The normalized spacial score (nSPS) is 18.6. The zero-order valence-corrected chi connectivity index (χ0v) is 8.89. The molecular weight excluding hydrogens is 172 g/mol. The number of nitrogens with one attached hydrogen (secondary N) is 1. The van der Waals surface area contributed by atoms with Crippen LogP contribution in [0, 0.1) is 12.3 Å². The zero-order chi connectivity index (χ0) is 10.3. The molecule has 1 aliphatic carbocycles. The van der Waals surface area contributed by atoms with Crippen LogP contribution in [-0.2, 0) is 0 Å². The summed E-state index contributed by atoms with van der Waals surface area (Å²) in [5.41, 5.74) is 10.4. The summed E-state index contributed by atoms with van der Waals surface area (Å²) < 4.78 is 0. The molecule has 0 atom stereocenters. The van der Waals surface area contributed by atoms with Gasteiger partial charge < -0.3 is 10.7 Å². The van der Waals surface area contributed by atoms with Gasteiger partial charge in [-0.25, -0.2) is 0 Å². The number of rotatable bonds is 0. The molecule has 1 heterocycles. The van der Waals surface area contributed by atoms with Crippen LogP contribution < -0.4 is 5.73 Å². The van der Waals surface area contributed by atoms with Crippen molar-refractivity contribution in [2.24, 2.45) is 11.1 Å². The van der Waals surface area contributed by atoms with Crippen molar-refractivity contribution in [3.05, 3.63) is 35.2 Å².